The maximum Gasteiger partial charge on any atom is 0.191 e. The van der Waals surface area contributed by atoms with Crippen molar-refractivity contribution in [3.05, 3.63) is 22.4 Å². The molecule has 0 unspecified atom stereocenters. The second kappa shape index (κ2) is 9.57. The molecule has 6 heteroatoms. The number of guanidine groups is 1. The number of nitrogens with zero attached hydrogens (tertiary/aromatic N) is 2. The van der Waals surface area contributed by atoms with E-state index in [9.17, 15) is 0 Å². The van der Waals surface area contributed by atoms with Crippen LogP contribution in [0.5, 0.6) is 0 Å². The summed E-state index contributed by atoms with van der Waals surface area (Å²) in [5.74, 6) is 0.889. The van der Waals surface area contributed by atoms with Crippen molar-refractivity contribution >= 4 is 41.3 Å². The van der Waals surface area contributed by atoms with Crippen LogP contribution in [0.25, 0.3) is 0 Å². The zero-order valence-corrected chi connectivity index (χ0v) is 15.4. The quantitative estimate of drug-likeness (QED) is 0.414. The van der Waals surface area contributed by atoms with Gasteiger partial charge in [-0.15, -0.1) is 35.3 Å². The predicted molar refractivity (Wildman–Crippen MR) is 98.2 cm³/mol. The lowest BCUT2D eigenvalue weighted by atomic mass is 10.4. The highest BCUT2D eigenvalue weighted by Gasteiger charge is 2.27. The average molecular weight is 408 g/mol. The maximum atomic E-state index is 4.25. The lowest BCUT2D eigenvalue weighted by molar-refractivity contribution is 0.282. The van der Waals surface area contributed by atoms with Crippen molar-refractivity contribution in [3.63, 3.8) is 0 Å². The van der Waals surface area contributed by atoms with Gasteiger partial charge in [0.2, 0.25) is 0 Å². The number of rotatable bonds is 7. The van der Waals surface area contributed by atoms with Crippen LogP contribution in [0.15, 0.2) is 22.5 Å². The van der Waals surface area contributed by atoms with Gasteiger partial charge in [-0.25, -0.2) is 0 Å². The zero-order chi connectivity index (χ0) is 13.5. The van der Waals surface area contributed by atoms with Crippen LogP contribution >= 0.6 is 35.3 Å². The van der Waals surface area contributed by atoms with E-state index in [1.165, 1.54) is 17.7 Å². The van der Waals surface area contributed by atoms with Crippen molar-refractivity contribution < 1.29 is 0 Å². The number of hydrogen-bond acceptors (Lipinski definition) is 3. The molecule has 2 N–H and O–H groups in total. The van der Waals surface area contributed by atoms with Crippen molar-refractivity contribution in [1.82, 2.24) is 15.5 Å². The number of hydrogen-bond donors (Lipinski definition) is 2. The Morgan fingerprint density at radius 1 is 1.45 bits per heavy atom. The summed E-state index contributed by atoms with van der Waals surface area (Å²) < 4.78 is 0. The van der Waals surface area contributed by atoms with E-state index in [4.69, 9.17) is 0 Å². The summed E-state index contributed by atoms with van der Waals surface area (Å²) >= 11 is 1.77. The minimum absolute atomic E-state index is 0. The van der Waals surface area contributed by atoms with Gasteiger partial charge in [0.1, 0.15) is 0 Å². The number of aliphatic imine (C=N–C) groups is 1. The number of nitrogens with one attached hydrogen (secondary N) is 2. The Kier molecular flexibility index (Phi) is 8.47. The van der Waals surface area contributed by atoms with Crippen LogP contribution in [0.1, 0.15) is 24.6 Å². The lowest BCUT2D eigenvalue weighted by Gasteiger charge is -2.20. The molecule has 1 aliphatic rings. The molecule has 0 radical (unpaired) electrons. The molecule has 2 rings (SSSR count). The van der Waals surface area contributed by atoms with Crippen molar-refractivity contribution in [2.24, 2.45) is 4.99 Å². The third-order valence-electron chi connectivity index (χ3n) is 3.39. The van der Waals surface area contributed by atoms with Gasteiger partial charge in [-0.2, -0.15) is 0 Å². The van der Waals surface area contributed by atoms with Gasteiger partial charge < -0.3 is 10.6 Å². The van der Waals surface area contributed by atoms with Crippen molar-refractivity contribution in [1.29, 1.82) is 0 Å². The number of halogens is 1. The van der Waals surface area contributed by atoms with Crippen molar-refractivity contribution in [3.8, 4) is 0 Å². The number of likely N-dealkylation sites (N-methyl/N-ethyl adjacent to an activating group) is 1. The molecule has 20 heavy (non-hydrogen) atoms. The molecule has 0 atom stereocenters. The topological polar surface area (TPSA) is 39.7 Å². The Balaban J connectivity index is 0.00000200. The standard InChI is InChI=1S/C14H24N4S.HI/c1-3-18(12-6-7-12)9-8-16-14(15-2)17-11-13-5-4-10-19-13;/h4-5,10,12H,3,6-9,11H2,1-2H3,(H2,15,16,17);1H. The SMILES string of the molecule is CCN(CCNC(=NC)NCc1cccs1)C1CC1.I. The highest BCUT2D eigenvalue weighted by Crippen LogP contribution is 2.25. The normalized spacial score (nSPS) is 15.1. The van der Waals surface area contributed by atoms with Gasteiger partial charge in [-0.3, -0.25) is 9.89 Å². The summed E-state index contributed by atoms with van der Waals surface area (Å²) in [6.45, 7) is 6.28. The Bertz CT molecular complexity index is 390. The van der Waals surface area contributed by atoms with Crippen LogP contribution in [0.2, 0.25) is 0 Å². The Hall–Kier alpha value is -0.340. The molecule has 1 aromatic rings. The van der Waals surface area contributed by atoms with E-state index in [-0.39, 0.29) is 24.0 Å². The lowest BCUT2D eigenvalue weighted by Crippen LogP contribution is -2.41. The van der Waals surface area contributed by atoms with E-state index in [1.54, 1.807) is 11.3 Å². The fourth-order valence-corrected chi connectivity index (χ4v) is 2.81. The Labute approximate surface area is 143 Å². The van der Waals surface area contributed by atoms with E-state index < -0.39 is 0 Å². The summed E-state index contributed by atoms with van der Waals surface area (Å²) in [6, 6.07) is 5.05. The second-order valence-corrected chi connectivity index (χ2v) is 5.82. The van der Waals surface area contributed by atoms with E-state index in [1.807, 2.05) is 7.05 Å². The molecule has 1 aromatic heterocycles. The molecule has 0 bridgehead atoms. The molecule has 0 saturated heterocycles. The molecule has 1 saturated carbocycles. The third kappa shape index (κ3) is 5.97. The van der Waals surface area contributed by atoms with Gasteiger partial charge in [-0.05, 0) is 30.8 Å². The van der Waals surface area contributed by atoms with Crippen LogP contribution in [0.3, 0.4) is 0 Å². The first-order valence-corrected chi connectivity index (χ1v) is 7.92. The largest absolute Gasteiger partial charge is 0.355 e. The van der Waals surface area contributed by atoms with E-state index in [0.717, 1.165) is 38.2 Å². The summed E-state index contributed by atoms with van der Waals surface area (Å²) in [5, 5.41) is 8.82. The molecule has 114 valence electrons. The van der Waals surface area contributed by atoms with E-state index in [2.05, 4.69) is 45.0 Å². The molecular formula is C14H25IN4S. The summed E-state index contributed by atoms with van der Waals surface area (Å²) in [5.41, 5.74) is 0. The van der Waals surface area contributed by atoms with Crippen molar-refractivity contribution in [2.75, 3.05) is 26.7 Å². The van der Waals surface area contributed by atoms with Gasteiger partial charge in [0.25, 0.3) is 0 Å². The highest BCUT2D eigenvalue weighted by atomic mass is 127. The molecule has 0 aliphatic heterocycles. The minimum atomic E-state index is 0. The number of thiophene rings is 1. The first-order valence-electron chi connectivity index (χ1n) is 7.04. The maximum absolute atomic E-state index is 4.25. The molecule has 0 spiro atoms. The summed E-state index contributed by atoms with van der Waals surface area (Å²) in [4.78, 5) is 8.12. The Morgan fingerprint density at radius 2 is 2.25 bits per heavy atom. The van der Waals surface area contributed by atoms with E-state index in [0.29, 0.717) is 0 Å². The van der Waals surface area contributed by atoms with E-state index >= 15 is 0 Å². The minimum Gasteiger partial charge on any atom is -0.355 e. The molecule has 1 aliphatic carbocycles. The molecule has 0 amide bonds. The second-order valence-electron chi connectivity index (χ2n) is 4.79. The first-order chi connectivity index (χ1) is 9.33. The van der Waals surface area contributed by atoms with Gasteiger partial charge >= 0.3 is 0 Å². The van der Waals surface area contributed by atoms with Gasteiger partial charge in [0, 0.05) is 31.1 Å². The van der Waals surface area contributed by atoms with Crippen LogP contribution in [0, 0.1) is 0 Å². The fourth-order valence-electron chi connectivity index (χ4n) is 2.16. The molecule has 1 fully saturated rings. The van der Waals surface area contributed by atoms with Gasteiger partial charge in [-0.1, -0.05) is 13.0 Å². The molecular weight excluding hydrogens is 383 g/mol. The molecule has 1 heterocycles. The molecule has 4 nitrogen and oxygen atoms in total. The summed E-state index contributed by atoms with van der Waals surface area (Å²) in [6.07, 6.45) is 2.75. The monoisotopic (exact) mass is 408 g/mol. The fraction of sp³-hybridized carbons (Fsp3) is 0.643. The average Bonchev–Trinajstić information content (AvgIpc) is 3.14. The van der Waals surface area contributed by atoms with Crippen LogP contribution in [-0.2, 0) is 6.54 Å². The van der Waals surface area contributed by atoms with Gasteiger partial charge in [0.05, 0.1) is 6.54 Å². The van der Waals surface area contributed by atoms with Crippen LogP contribution in [-0.4, -0.2) is 43.6 Å². The van der Waals surface area contributed by atoms with Crippen LogP contribution < -0.4 is 10.6 Å². The smallest absolute Gasteiger partial charge is 0.191 e. The predicted octanol–water partition coefficient (Wildman–Crippen LogP) is 2.52. The first kappa shape index (κ1) is 17.7. The zero-order valence-electron chi connectivity index (χ0n) is 12.3. The van der Waals surface area contributed by atoms with Crippen LogP contribution in [0.4, 0.5) is 0 Å². The third-order valence-corrected chi connectivity index (χ3v) is 4.27. The Morgan fingerprint density at radius 3 is 2.80 bits per heavy atom. The van der Waals surface area contributed by atoms with Crippen molar-refractivity contribution in [2.45, 2.75) is 32.4 Å². The highest BCUT2D eigenvalue weighted by molar-refractivity contribution is 14.0. The van der Waals surface area contributed by atoms with Gasteiger partial charge in [0.15, 0.2) is 5.96 Å². The summed E-state index contributed by atoms with van der Waals surface area (Å²) in [7, 11) is 1.82. The molecule has 0 aromatic carbocycles.